The fourth-order valence-corrected chi connectivity index (χ4v) is 3.35. The largest absolute Gasteiger partial charge is 0.463 e. The molecule has 1 fully saturated rings. The molecule has 0 spiro atoms. The molecule has 118 valence electrons. The van der Waals surface area contributed by atoms with Gasteiger partial charge >= 0.3 is 0 Å². The number of fused-ring (bicyclic) bond motifs is 1. The lowest BCUT2D eigenvalue weighted by Crippen LogP contribution is -2.28. The maximum absolute atomic E-state index is 12.8. The van der Waals surface area contributed by atoms with Crippen molar-refractivity contribution in [3.05, 3.63) is 47.5 Å². The van der Waals surface area contributed by atoms with Crippen molar-refractivity contribution >= 4 is 22.6 Å². The average molecular weight is 310 g/mol. The van der Waals surface area contributed by atoms with Crippen LogP contribution < -0.4 is 5.73 Å². The number of aryl methyl sites for hydroxylation is 1. The van der Waals surface area contributed by atoms with E-state index in [0.29, 0.717) is 24.3 Å². The van der Waals surface area contributed by atoms with Gasteiger partial charge < -0.3 is 15.1 Å². The highest BCUT2D eigenvalue weighted by atomic mass is 16.3. The van der Waals surface area contributed by atoms with E-state index < -0.39 is 0 Å². The molecule has 2 aromatic heterocycles. The maximum Gasteiger partial charge on any atom is 0.257 e. The molecular weight excluding hydrogens is 292 g/mol. The van der Waals surface area contributed by atoms with Crippen LogP contribution in [0.15, 0.2) is 35.1 Å². The molecule has 0 aliphatic carbocycles. The van der Waals surface area contributed by atoms with E-state index in [4.69, 9.17) is 10.2 Å². The third kappa shape index (κ3) is 2.18. The number of nitrogen functional groups attached to an aromatic ring is 1. The number of para-hydroxylation sites is 1. The van der Waals surface area contributed by atoms with Crippen molar-refractivity contribution in [3.63, 3.8) is 0 Å². The first kappa shape index (κ1) is 13.9. The Hall–Kier alpha value is -2.76. The highest BCUT2D eigenvalue weighted by Gasteiger charge is 2.31. The molecule has 0 radical (unpaired) electrons. The SMILES string of the molecule is Cc1cccc2c(C(=O)N3CCC(c4[nH]ncc4N)C3)coc12. The van der Waals surface area contributed by atoms with E-state index in [0.717, 1.165) is 28.6 Å². The number of hydrogen-bond acceptors (Lipinski definition) is 4. The Balaban J connectivity index is 1.60. The minimum absolute atomic E-state index is 0.00920. The maximum atomic E-state index is 12.8. The monoisotopic (exact) mass is 310 g/mol. The third-order valence-corrected chi connectivity index (χ3v) is 4.61. The van der Waals surface area contributed by atoms with Crippen LogP contribution in [-0.2, 0) is 0 Å². The zero-order valence-electron chi connectivity index (χ0n) is 12.9. The molecule has 6 nitrogen and oxygen atoms in total. The number of nitrogens with one attached hydrogen (secondary N) is 1. The summed E-state index contributed by atoms with van der Waals surface area (Å²) in [6.07, 6.45) is 4.07. The van der Waals surface area contributed by atoms with Crippen LogP contribution in [0.5, 0.6) is 0 Å². The minimum atomic E-state index is 0.00920. The quantitative estimate of drug-likeness (QED) is 0.761. The molecule has 0 saturated carbocycles. The smallest absolute Gasteiger partial charge is 0.257 e. The van der Waals surface area contributed by atoms with Crippen LogP contribution in [0.25, 0.3) is 11.0 Å². The van der Waals surface area contributed by atoms with E-state index in [-0.39, 0.29) is 11.8 Å². The van der Waals surface area contributed by atoms with Gasteiger partial charge in [0.15, 0.2) is 0 Å². The van der Waals surface area contributed by atoms with Crippen LogP contribution in [0.3, 0.4) is 0 Å². The standard InChI is InChI=1S/C17H18N4O2/c1-10-3-2-4-12-13(9-23-16(10)12)17(22)21-6-5-11(8-21)15-14(18)7-19-20-15/h2-4,7,9,11H,5-6,8,18H2,1H3,(H,19,20). The molecule has 3 heterocycles. The van der Waals surface area contributed by atoms with Gasteiger partial charge in [0.05, 0.1) is 23.1 Å². The number of furan rings is 1. The lowest BCUT2D eigenvalue weighted by Gasteiger charge is -2.15. The number of benzene rings is 1. The highest BCUT2D eigenvalue weighted by molar-refractivity contribution is 6.06. The normalized spacial score (nSPS) is 18.0. The second-order valence-corrected chi connectivity index (χ2v) is 6.08. The molecule has 4 rings (SSSR count). The second kappa shape index (κ2) is 5.15. The summed E-state index contributed by atoms with van der Waals surface area (Å²) in [5.74, 6) is 0.219. The fourth-order valence-electron chi connectivity index (χ4n) is 3.35. The van der Waals surface area contributed by atoms with Crippen LogP contribution in [-0.4, -0.2) is 34.1 Å². The van der Waals surface area contributed by atoms with Crippen molar-refractivity contribution in [2.24, 2.45) is 0 Å². The Bertz CT molecular complexity index is 880. The number of carbonyl (C=O) groups excluding carboxylic acids is 1. The molecule has 3 aromatic rings. The van der Waals surface area contributed by atoms with Gasteiger partial charge in [-0.15, -0.1) is 0 Å². The molecule has 1 aromatic carbocycles. The number of aromatic amines is 1. The number of likely N-dealkylation sites (tertiary alicyclic amines) is 1. The van der Waals surface area contributed by atoms with E-state index in [1.165, 1.54) is 0 Å². The molecule has 1 aliphatic rings. The van der Waals surface area contributed by atoms with Crippen molar-refractivity contribution in [2.75, 3.05) is 18.8 Å². The zero-order valence-corrected chi connectivity index (χ0v) is 12.9. The van der Waals surface area contributed by atoms with E-state index in [9.17, 15) is 4.79 Å². The first-order chi connectivity index (χ1) is 11.1. The average Bonchev–Trinajstić information content (AvgIpc) is 3.25. The molecule has 1 atom stereocenters. The van der Waals surface area contributed by atoms with Crippen molar-refractivity contribution in [1.29, 1.82) is 0 Å². The van der Waals surface area contributed by atoms with Gasteiger partial charge in [0.1, 0.15) is 11.8 Å². The predicted octanol–water partition coefficient (Wildman–Crippen LogP) is 2.68. The van der Waals surface area contributed by atoms with Crippen LogP contribution >= 0.6 is 0 Å². The molecule has 1 amide bonds. The molecule has 3 N–H and O–H groups in total. The second-order valence-electron chi connectivity index (χ2n) is 6.08. The van der Waals surface area contributed by atoms with Crippen molar-refractivity contribution < 1.29 is 9.21 Å². The summed E-state index contributed by atoms with van der Waals surface area (Å²) in [5.41, 5.74) is 9.94. The molecular formula is C17H18N4O2. The summed E-state index contributed by atoms with van der Waals surface area (Å²) < 4.78 is 5.60. The van der Waals surface area contributed by atoms with Crippen molar-refractivity contribution in [2.45, 2.75) is 19.3 Å². The third-order valence-electron chi connectivity index (χ3n) is 4.61. The van der Waals surface area contributed by atoms with E-state index in [1.54, 1.807) is 12.5 Å². The van der Waals surface area contributed by atoms with E-state index in [1.807, 2.05) is 30.0 Å². The van der Waals surface area contributed by atoms with Crippen molar-refractivity contribution in [3.8, 4) is 0 Å². The number of hydrogen-bond donors (Lipinski definition) is 2. The molecule has 1 aliphatic heterocycles. The first-order valence-electron chi connectivity index (χ1n) is 7.70. The van der Waals surface area contributed by atoms with Gasteiger partial charge in [0.25, 0.3) is 5.91 Å². The zero-order chi connectivity index (χ0) is 16.0. The van der Waals surface area contributed by atoms with Gasteiger partial charge in [-0.3, -0.25) is 9.89 Å². The lowest BCUT2D eigenvalue weighted by atomic mass is 10.0. The molecule has 23 heavy (non-hydrogen) atoms. The number of H-pyrrole nitrogens is 1. The highest BCUT2D eigenvalue weighted by Crippen LogP contribution is 2.31. The summed E-state index contributed by atoms with van der Waals surface area (Å²) >= 11 is 0. The van der Waals surface area contributed by atoms with Gasteiger partial charge in [-0.2, -0.15) is 5.10 Å². The van der Waals surface area contributed by atoms with Gasteiger partial charge in [0.2, 0.25) is 0 Å². The lowest BCUT2D eigenvalue weighted by molar-refractivity contribution is 0.0791. The number of amides is 1. The molecule has 1 saturated heterocycles. The molecule has 6 heteroatoms. The summed E-state index contributed by atoms with van der Waals surface area (Å²) in [4.78, 5) is 14.7. The Kier molecular flexibility index (Phi) is 3.11. The van der Waals surface area contributed by atoms with Gasteiger partial charge in [-0.1, -0.05) is 18.2 Å². The van der Waals surface area contributed by atoms with E-state index >= 15 is 0 Å². The van der Waals surface area contributed by atoms with E-state index in [2.05, 4.69) is 10.2 Å². The Morgan fingerprint density at radius 2 is 2.35 bits per heavy atom. The van der Waals surface area contributed by atoms with Crippen LogP contribution in [0, 0.1) is 6.92 Å². The fraction of sp³-hybridized carbons (Fsp3) is 0.294. The summed E-state index contributed by atoms with van der Waals surface area (Å²) in [6.45, 7) is 3.33. The van der Waals surface area contributed by atoms with Crippen LogP contribution in [0.2, 0.25) is 0 Å². The van der Waals surface area contributed by atoms with Gasteiger partial charge in [-0.05, 0) is 18.9 Å². The number of aromatic nitrogens is 2. The number of carbonyl (C=O) groups is 1. The number of nitrogens with two attached hydrogens (primary N) is 1. The van der Waals surface area contributed by atoms with Gasteiger partial charge in [-0.25, -0.2) is 0 Å². The van der Waals surface area contributed by atoms with Crippen LogP contribution in [0.1, 0.15) is 34.0 Å². The molecule has 1 unspecified atom stereocenters. The Morgan fingerprint density at radius 1 is 1.48 bits per heavy atom. The summed E-state index contributed by atoms with van der Waals surface area (Å²) in [5, 5.41) is 7.79. The molecule has 0 bridgehead atoms. The number of nitrogens with zero attached hydrogens (tertiary/aromatic N) is 2. The number of anilines is 1. The minimum Gasteiger partial charge on any atom is -0.463 e. The summed E-state index contributed by atoms with van der Waals surface area (Å²) in [7, 11) is 0. The predicted molar refractivity (Wildman–Crippen MR) is 87.2 cm³/mol. The number of rotatable bonds is 2. The first-order valence-corrected chi connectivity index (χ1v) is 7.70. The topological polar surface area (TPSA) is 88.2 Å². The Labute approximate surface area is 133 Å². The van der Waals surface area contributed by atoms with Crippen molar-refractivity contribution in [1.82, 2.24) is 15.1 Å². The summed E-state index contributed by atoms with van der Waals surface area (Å²) in [6, 6.07) is 5.86. The Morgan fingerprint density at radius 3 is 3.13 bits per heavy atom. The van der Waals surface area contributed by atoms with Crippen LogP contribution in [0.4, 0.5) is 5.69 Å². The van der Waals surface area contributed by atoms with Gasteiger partial charge in [0, 0.05) is 24.4 Å².